The zero-order valence-corrected chi connectivity index (χ0v) is 19.8. The van der Waals surface area contributed by atoms with Crippen LogP contribution in [0.15, 0.2) is 58.3 Å². The molecule has 0 saturated heterocycles. The third-order valence-electron chi connectivity index (χ3n) is 5.21. The van der Waals surface area contributed by atoms with Gasteiger partial charge in [-0.25, -0.2) is 0 Å². The predicted octanol–water partition coefficient (Wildman–Crippen LogP) is 4.36. The van der Waals surface area contributed by atoms with Gasteiger partial charge in [0.05, 0.1) is 22.5 Å². The first-order valence-corrected chi connectivity index (χ1v) is 12.9. The number of methoxy groups -OCH3 is 1. The molecular formula is C22H30O7S2. The molecule has 172 valence electrons. The van der Waals surface area contributed by atoms with Crippen LogP contribution in [-0.2, 0) is 29.2 Å². The van der Waals surface area contributed by atoms with Gasteiger partial charge >= 0.3 is 0 Å². The lowest BCUT2D eigenvalue weighted by molar-refractivity contribution is 0.0962. The van der Waals surface area contributed by atoms with Gasteiger partial charge < -0.3 is 4.74 Å². The van der Waals surface area contributed by atoms with E-state index in [0.29, 0.717) is 0 Å². The molecule has 2 aromatic carbocycles. The standard InChI is InChI=1S/C22H30O7S2/c1-5-18(14-16(2)19-6-10-21(11-7-19)30(23,24)25)20-8-12-22(13-9-20)31(26,27)29-17(3)15-28-4/h6-13,16-18H,5,14-15H2,1-4H3,(H,23,24,25). The first-order valence-electron chi connectivity index (χ1n) is 10.1. The Labute approximate surface area is 185 Å². The van der Waals surface area contributed by atoms with Crippen LogP contribution in [0, 0.1) is 0 Å². The van der Waals surface area contributed by atoms with E-state index in [0.717, 1.165) is 24.0 Å². The smallest absolute Gasteiger partial charge is 0.297 e. The SMILES string of the molecule is CCC(CC(C)c1ccc(S(=O)(=O)O)cc1)c1ccc(S(=O)(=O)OC(C)COC)cc1. The molecule has 0 aliphatic carbocycles. The van der Waals surface area contributed by atoms with E-state index in [4.69, 9.17) is 13.5 Å². The Kier molecular flexibility index (Phi) is 8.79. The highest BCUT2D eigenvalue weighted by atomic mass is 32.2. The van der Waals surface area contributed by atoms with Gasteiger partial charge in [0.15, 0.2) is 0 Å². The Morgan fingerprint density at radius 1 is 0.871 bits per heavy atom. The lowest BCUT2D eigenvalue weighted by Gasteiger charge is -2.21. The van der Waals surface area contributed by atoms with Crippen molar-refractivity contribution < 1.29 is 30.3 Å². The van der Waals surface area contributed by atoms with Crippen molar-refractivity contribution in [3.05, 3.63) is 59.7 Å². The fourth-order valence-corrected chi connectivity index (χ4v) is 5.06. The summed E-state index contributed by atoms with van der Waals surface area (Å²) in [6, 6.07) is 12.9. The molecule has 3 unspecified atom stereocenters. The van der Waals surface area contributed by atoms with Gasteiger partial charge in [0.1, 0.15) is 0 Å². The van der Waals surface area contributed by atoms with Gasteiger partial charge in [-0.15, -0.1) is 0 Å². The van der Waals surface area contributed by atoms with E-state index >= 15 is 0 Å². The Morgan fingerprint density at radius 2 is 1.39 bits per heavy atom. The van der Waals surface area contributed by atoms with E-state index in [2.05, 4.69) is 13.8 Å². The van der Waals surface area contributed by atoms with Crippen molar-refractivity contribution >= 4 is 20.2 Å². The summed E-state index contributed by atoms with van der Waals surface area (Å²) in [7, 11) is -6.59. The Balaban J connectivity index is 2.12. The van der Waals surface area contributed by atoms with E-state index < -0.39 is 26.3 Å². The van der Waals surface area contributed by atoms with Crippen LogP contribution in [0.5, 0.6) is 0 Å². The molecule has 0 fully saturated rings. The molecule has 1 N–H and O–H groups in total. The molecule has 7 nitrogen and oxygen atoms in total. The highest BCUT2D eigenvalue weighted by Crippen LogP contribution is 2.33. The molecule has 31 heavy (non-hydrogen) atoms. The Hall–Kier alpha value is -1.78. The van der Waals surface area contributed by atoms with Crippen LogP contribution >= 0.6 is 0 Å². The van der Waals surface area contributed by atoms with Crippen LogP contribution in [0.2, 0.25) is 0 Å². The molecule has 0 aliphatic heterocycles. The van der Waals surface area contributed by atoms with E-state index in [9.17, 15) is 16.8 Å². The molecule has 0 aliphatic rings. The minimum absolute atomic E-state index is 0.0999. The summed E-state index contributed by atoms with van der Waals surface area (Å²) in [6.45, 7) is 5.93. The molecule has 0 spiro atoms. The number of ether oxygens (including phenoxy) is 1. The Morgan fingerprint density at radius 3 is 1.87 bits per heavy atom. The molecular weight excluding hydrogens is 440 g/mol. The van der Waals surface area contributed by atoms with Crippen molar-refractivity contribution in [3.63, 3.8) is 0 Å². The van der Waals surface area contributed by atoms with Crippen LogP contribution in [0.4, 0.5) is 0 Å². The van der Waals surface area contributed by atoms with E-state index in [1.54, 1.807) is 43.3 Å². The van der Waals surface area contributed by atoms with Gasteiger partial charge in [0.2, 0.25) is 0 Å². The summed E-state index contributed by atoms with van der Waals surface area (Å²) in [5.41, 5.74) is 1.98. The largest absolute Gasteiger partial charge is 0.382 e. The van der Waals surface area contributed by atoms with Crippen molar-refractivity contribution in [2.75, 3.05) is 13.7 Å². The molecule has 9 heteroatoms. The van der Waals surface area contributed by atoms with Gasteiger partial charge in [-0.05, 0) is 67.0 Å². The second-order valence-corrected chi connectivity index (χ2v) is 10.7. The minimum Gasteiger partial charge on any atom is -0.382 e. The summed E-state index contributed by atoms with van der Waals surface area (Å²) in [6.07, 6.45) is 1.09. The van der Waals surface area contributed by atoms with Crippen molar-refractivity contribution in [2.24, 2.45) is 0 Å². The monoisotopic (exact) mass is 470 g/mol. The molecule has 0 aromatic heterocycles. The van der Waals surface area contributed by atoms with E-state index in [1.807, 2.05) is 0 Å². The normalized spacial score (nSPS) is 15.4. The summed E-state index contributed by atoms with van der Waals surface area (Å²) in [4.78, 5) is -0.0303. The number of hydrogen-bond acceptors (Lipinski definition) is 6. The van der Waals surface area contributed by atoms with Crippen molar-refractivity contribution in [2.45, 2.75) is 61.3 Å². The lowest BCUT2D eigenvalue weighted by Crippen LogP contribution is -2.20. The van der Waals surface area contributed by atoms with Crippen molar-refractivity contribution in [1.29, 1.82) is 0 Å². The molecule has 2 aromatic rings. The van der Waals surface area contributed by atoms with Gasteiger partial charge in [0.25, 0.3) is 20.2 Å². The van der Waals surface area contributed by atoms with Crippen LogP contribution in [-0.4, -0.2) is 41.2 Å². The van der Waals surface area contributed by atoms with Gasteiger partial charge in [-0.3, -0.25) is 8.74 Å². The molecule has 3 atom stereocenters. The zero-order valence-electron chi connectivity index (χ0n) is 18.2. The highest BCUT2D eigenvalue weighted by Gasteiger charge is 2.21. The van der Waals surface area contributed by atoms with Crippen LogP contribution < -0.4 is 0 Å². The van der Waals surface area contributed by atoms with Gasteiger partial charge in [-0.2, -0.15) is 16.8 Å². The molecule has 0 heterocycles. The fraction of sp³-hybridized carbons (Fsp3) is 0.455. The highest BCUT2D eigenvalue weighted by molar-refractivity contribution is 7.86. The maximum atomic E-state index is 12.4. The molecule has 0 radical (unpaired) electrons. The van der Waals surface area contributed by atoms with Crippen molar-refractivity contribution in [1.82, 2.24) is 0 Å². The summed E-state index contributed by atoms with van der Waals surface area (Å²) >= 11 is 0. The molecule has 0 amide bonds. The maximum Gasteiger partial charge on any atom is 0.297 e. The maximum absolute atomic E-state index is 12.4. The van der Waals surface area contributed by atoms with Crippen LogP contribution in [0.25, 0.3) is 0 Å². The average molecular weight is 471 g/mol. The first kappa shape index (κ1) is 25.5. The molecule has 2 rings (SSSR count). The molecule has 0 bridgehead atoms. The Bertz CT molecular complexity index is 1040. The van der Waals surface area contributed by atoms with Crippen molar-refractivity contribution in [3.8, 4) is 0 Å². The van der Waals surface area contributed by atoms with Crippen LogP contribution in [0.3, 0.4) is 0 Å². The zero-order chi connectivity index (χ0) is 23.2. The van der Waals surface area contributed by atoms with Gasteiger partial charge in [0, 0.05) is 7.11 Å². The molecule has 0 saturated carbocycles. The second kappa shape index (κ2) is 10.7. The van der Waals surface area contributed by atoms with E-state index in [-0.39, 0.29) is 28.2 Å². The minimum atomic E-state index is -4.21. The number of hydrogen-bond donors (Lipinski definition) is 1. The second-order valence-electron chi connectivity index (χ2n) is 7.67. The number of rotatable bonds is 11. The summed E-state index contributed by atoms with van der Waals surface area (Å²) in [5, 5.41) is 0. The lowest BCUT2D eigenvalue weighted by atomic mass is 9.85. The first-order chi connectivity index (χ1) is 14.5. The van der Waals surface area contributed by atoms with E-state index in [1.165, 1.54) is 19.2 Å². The number of benzene rings is 2. The predicted molar refractivity (Wildman–Crippen MR) is 118 cm³/mol. The average Bonchev–Trinajstić information content (AvgIpc) is 2.71. The summed E-state index contributed by atoms with van der Waals surface area (Å²) in [5.74, 6) is 0.336. The third-order valence-corrected chi connectivity index (χ3v) is 7.51. The summed E-state index contributed by atoms with van der Waals surface area (Å²) < 4.78 is 66.4. The van der Waals surface area contributed by atoms with Crippen LogP contribution in [0.1, 0.15) is 56.6 Å². The van der Waals surface area contributed by atoms with Gasteiger partial charge in [-0.1, -0.05) is 38.1 Å². The fourth-order valence-electron chi connectivity index (χ4n) is 3.51. The quantitative estimate of drug-likeness (QED) is 0.384. The topological polar surface area (TPSA) is 107 Å². The third kappa shape index (κ3) is 7.11.